The van der Waals surface area contributed by atoms with Crippen molar-refractivity contribution in [3.63, 3.8) is 0 Å². The van der Waals surface area contributed by atoms with Crippen molar-refractivity contribution in [3.8, 4) is 0 Å². The van der Waals surface area contributed by atoms with Gasteiger partial charge < -0.3 is 5.32 Å². The van der Waals surface area contributed by atoms with E-state index in [-0.39, 0.29) is 5.82 Å². The van der Waals surface area contributed by atoms with Crippen LogP contribution in [-0.4, -0.2) is 12.6 Å². The van der Waals surface area contributed by atoms with Crippen LogP contribution in [0.1, 0.15) is 45.6 Å². The molecule has 1 aromatic carbocycles. The first-order valence-electron chi connectivity index (χ1n) is 7.22. The Balaban J connectivity index is 2.42. The van der Waals surface area contributed by atoms with Gasteiger partial charge in [-0.1, -0.05) is 42.8 Å². The number of aryl methyl sites for hydroxylation is 1. The molecule has 0 saturated heterocycles. The molecule has 1 N–H and O–H groups in total. The average molecular weight is 330 g/mol. The van der Waals surface area contributed by atoms with E-state index in [1.54, 1.807) is 6.07 Å². The SMILES string of the molecule is CCCNC(CCCc1ccc(Br)cc1F)C(C)C. The second-order valence-electron chi connectivity index (χ2n) is 5.43. The molecule has 0 saturated carbocycles. The quantitative estimate of drug-likeness (QED) is 0.712. The van der Waals surface area contributed by atoms with Gasteiger partial charge in [-0.2, -0.15) is 0 Å². The first-order chi connectivity index (χ1) is 9.04. The van der Waals surface area contributed by atoms with Gasteiger partial charge in [0, 0.05) is 10.5 Å². The molecule has 108 valence electrons. The van der Waals surface area contributed by atoms with Gasteiger partial charge in [-0.05, 0) is 55.8 Å². The van der Waals surface area contributed by atoms with E-state index in [2.05, 4.69) is 42.0 Å². The smallest absolute Gasteiger partial charge is 0.127 e. The molecule has 1 unspecified atom stereocenters. The molecule has 1 aromatic rings. The molecule has 0 aromatic heterocycles. The normalized spacial score (nSPS) is 12.9. The molecular weight excluding hydrogens is 305 g/mol. The maximum Gasteiger partial charge on any atom is 0.127 e. The summed E-state index contributed by atoms with van der Waals surface area (Å²) in [6.07, 6.45) is 4.10. The third kappa shape index (κ3) is 6.05. The van der Waals surface area contributed by atoms with E-state index in [9.17, 15) is 4.39 Å². The van der Waals surface area contributed by atoms with Crippen LogP contribution in [0, 0.1) is 11.7 Å². The van der Waals surface area contributed by atoms with Gasteiger partial charge in [-0.15, -0.1) is 0 Å². The zero-order chi connectivity index (χ0) is 14.3. The van der Waals surface area contributed by atoms with Crippen molar-refractivity contribution in [2.24, 2.45) is 5.92 Å². The number of halogens is 2. The van der Waals surface area contributed by atoms with Crippen LogP contribution in [-0.2, 0) is 6.42 Å². The van der Waals surface area contributed by atoms with Crippen LogP contribution in [0.5, 0.6) is 0 Å². The monoisotopic (exact) mass is 329 g/mol. The molecule has 0 aliphatic heterocycles. The molecule has 0 spiro atoms. The third-order valence-corrected chi connectivity index (χ3v) is 3.93. The first-order valence-corrected chi connectivity index (χ1v) is 8.01. The summed E-state index contributed by atoms with van der Waals surface area (Å²) in [5.41, 5.74) is 0.821. The van der Waals surface area contributed by atoms with Crippen molar-refractivity contribution in [1.29, 1.82) is 0 Å². The summed E-state index contributed by atoms with van der Waals surface area (Å²) in [5.74, 6) is 0.526. The van der Waals surface area contributed by atoms with Crippen LogP contribution < -0.4 is 5.32 Å². The summed E-state index contributed by atoms with van der Waals surface area (Å²) in [4.78, 5) is 0. The fourth-order valence-electron chi connectivity index (χ4n) is 2.24. The lowest BCUT2D eigenvalue weighted by atomic mass is 9.96. The molecule has 0 amide bonds. The molecule has 0 bridgehead atoms. The Morgan fingerprint density at radius 1 is 1.32 bits per heavy atom. The summed E-state index contributed by atoms with van der Waals surface area (Å²) in [6, 6.07) is 5.88. The van der Waals surface area contributed by atoms with E-state index >= 15 is 0 Å². The Morgan fingerprint density at radius 2 is 2.05 bits per heavy atom. The number of rotatable bonds is 8. The van der Waals surface area contributed by atoms with Gasteiger partial charge in [-0.25, -0.2) is 4.39 Å². The first kappa shape index (κ1) is 16.6. The Kier molecular flexibility index (Phi) is 7.62. The van der Waals surface area contributed by atoms with Crippen molar-refractivity contribution in [2.45, 2.75) is 52.5 Å². The minimum Gasteiger partial charge on any atom is -0.314 e. The van der Waals surface area contributed by atoms with E-state index in [1.807, 2.05) is 12.1 Å². The number of nitrogens with one attached hydrogen (secondary N) is 1. The van der Waals surface area contributed by atoms with Crippen LogP contribution in [0.3, 0.4) is 0 Å². The fraction of sp³-hybridized carbons (Fsp3) is 0.625. The minimum absolute atomic E-state index is 0.100. The Labute approximate surface area is 125 Å². The molecule has 0 fully saturated rings. The molecule has 1 nitrogen and oxygen atoms in total. The highest BCUT2D eigenvalue weighted by Crippen LogP contribution is 2.18. The zero-order valence-corrected chi connectivity index (χ0v) is 13.8. The van der Waals surface area contributed by atoms with Gasteiger partial charge in [0.15, 0.2) is 0 Å². The average Bonchev–Trinajstić information content (AvgIpc) is 2.35. The van der Waals surface area contributed by atoms with E-state index in [1.165, 1.54) is 0 Å². The lowest BCUT2D eigenvalue weighted by Gasteiger charge is -2.22. The topological polar surface area (TPSA) is 12.0 Å². The predicted octanol–water partition coefficient (Wildman–Crippen LogP) is 4.94. The Morgan fingerprint density at radius 3 is 2.63 bits per heavy atom. The van der Waals surface area contributed by atoms with Crippen LogP contribution in [0.25, 0.3) is 0 Å². The zero-order valence-electron chi connectivity index (χ0n) is 12.2. The van der Waals surface area contributed by atoms with E-state index in [0.717, 1.165) is 42.3 Å². The predicted molar refractivity (Wildman–Crippen MR) is 84.0 cm³/mol. The minimum atomic E-state index is -0.100. The van der Waals surface area contributed by atoms with Gasteiger partial charge in [-0.3, -0.25) is 0 Å². The van der Waals surface area contributed by atoms with Crippen molar-refractivity contribution < 1.29 is 4.39 Å². The van der Waals surface area contributed by atoms with E-state index in [0.29, 0.717) is 12.0 Å². The Hall–Kier alpha value is -0.410. The fourth-order valence-corrected chi connectivity index (χ4v) is 2.57. The summed E-state index contributed by atoms with van der Waals surface area (Å²) in [6.45, 7) is 7.73. The van der Waals surface area contributed by atoms with Crippen molar-refractivity contribution in [1.82, 2.24) is 5.32 Å². The standard InChI is InChI=1S/C16H25BrFN/c1-4-10-19-16(12(2)3)7-5-6-13-8-9-14(17)11-15(13)18/h8-9,11-12,16,19H,4-7,10H2,1-3H3. The third-order valence-electron chi connectivity index (χ3n) is 3.44. The number of benzene rings is 1. The largest absolute Gasteiger partial charge is 0.314 e. The van der Waals surface area contributed by atoms with Gasteiger partial charge in [0.1, 0.15) is 5.82 Å². The van der Waals surface area contributed by atoms with Gasteiger partial charge in [0.25, 0.3) is 0 Å². The summed E-state index contributed by atoms with van der Waals surface area (Å²) >= 11 is 3.29. The second-order valence-corrected chi connectivity index (χ2v) is 6.35. The maximum absolute atomic E-state index is 13.7. The van der Waals surface area contributed by atoms with Gasteiger partial charge in [0.2, 0.25) is 0 Å². The molecule has 1 rings (SSSR count). The molecule has 0 aliphatic rings. The van der Waals surface area contributed by atoms with Crippen LogP contribution in [0.4, 0.5) is 4.39 Å². The molecule has 0 radical (unpaired) electrons. The van der Waals surface area contributed by atoms with Gasteiger partial charge in [0.05, 0.1) is 0 Å². The number of hydrogen-bond donors (Lipinski definition) is 1. The van der Waals surface area contributed by atoms with E-state index < -0.39 is 0 Å². The van der Waals surface area contributed by atoms with Crippen LogP contribution in [0.15, 0.2) is 22.7 Å². The lowest BCUT2D eigenvalue weighted by molar-refractivity contribution is 0.370. The summed E-state index contributed by atoms with van der Waals surface area (Å²) in [5, 5.41) is 3.58. The van der Waals surface area contributed by atoms with Crippen molar-refractivity contribution in [2.75, 3.05) is 6.54 Å². The maximum atomic E-state index is 13.7. The van der Waals surface area contributed by atoms with E-state index in [4.69, 9.17) is 0 Å². The molecule has 0 heterocycles. The lowest BCUT2D eigenvalue weighted by Crippen LogP contribution is -2.34. The second kappa shape index (κ2) is 8.70. The molecule has 0 aliphatic carbocycles. The molecule has 19 heavy (non-hydrogen) atoms. The van der Waals surface area contributed by atoms with Crippen molar-refractivity contribution in [3.05, 3.63) is 34.1 Å². The molecule has 1 atom stereocenters. The molecule has 3 heteroatoms. The van der Waals surface area contributed by atoms with Crippen LogP contribution >= 0.6 is 15.9 Å². The Bertz CT molecular complexity index is 379. The highest BCUT2D eigenvalue weighted by molar-refractivity contribution is 9.10. The summed E-state index contributed by atoms with van der Waals surface area (Å²) in [7, 11) is 0. The highest BCUT2D eigenvalue weighted by atomic mass is 79.9. The van der Waals surface area contributed by atoms with Crippen molar-refractivity contribution >= 4 is 15.9 Å². The summed E-state index contributed by atoms with van der Waals surface area (Å²) < 4.78 is 14.5. The highest BCUT2D eigenvalue weighted by Gasteiger charge is 2.12. The van der Waals surface area contributed by atoms with Gasteiger partial charge >= 0.3 is 0 Å². The van der Waals surface area contributed by atoms with Crippen LogP contribution in [0.2, 0.25) is 0 Å². The molecular formula is C16H25BrFN. The number of hydrogen-bond acceptors (Lipinski definition) is 1.